The third-order valence-electron chi connectivity index (χ3n) is 2.93. The number of carbonyl (C=O) groups is 1. The first-order valence-corrected chi connectivity index (χ1v) is 5.86. The van der Waals surface area contributed by atoms with Gasteiger partial charge in [-0.25, -0.2) is 0 Å². The Morgan fingerprint density at radius 3 is 2.33 bits per heavy atom. The molecule has 0 aliphatic heterocycles. The number of ether oxygens (including phenoxy) is 1. The van der Waals surface area contributed by atoms with E-state index >= 15 is 0 Å². The van der Waals surface area contributed by atoms with Crippen molar-refractivity contribution < 1.29 is 14.6 Å². The van der Waals surface area contributed by atoms with Gasteiger partial charge in [-0.1, -0.05) is 26.8 Å². The third kappa shape index (κ3) is 2.82. The molecule has 3 N–H and O–H groups in total. The minimum Gasteiger partial charge on any atom is -0.496 e. The van der Waals surface area contributed by atoms with Crippen molar-refractivity contribution in [1.82, 2.24) is 0 Å². The minimum absolute atomic E-state index is 0.135. The topological polar surface area (TPSA) is 72.5 Å². The van der Waals surface area contributed by atoms with Crippen LogP contribution in [0.1, 0.15) is 43.5 Å². The molecule has 0 spiro atoms. The van der Waals surface area contributed by atoms with E-state index in [1.54, 1.807) is 13.2 Å². The molecule has 0 saturated heterocycles. The molecule has 0 amide bonds. The maximum Gasteiger partial charge on any atom is 0.325 e. The van der Waals surface area contributed by atoms with Crippen molar-refractivity contribution in [3.8, 4) is 5.75 Å². The monoisotopic (exact) mass is 251 g/mol. The van der Waals surface area contributed by atoms with E-state index < -0.39 is 12.0 Å². The molecule has 100 valence electrons. The number of methoxy groups -OCH3 is 1. The highest BCUT2D eigenvalue weighted by Crippen LogP contribution is 2.35. The lowest BCUT2D eigenvalue weighted by Crippen LogP contribution is -2.22. The maximum atomic E-state index is 11.0. The molecule has 4 heteroatoms. The van der Waals surface area contributed by atoms with Gasteiger partial charge >= 0.3 is 5.97 Å². The lowest BCUT2D eigenvalue weighted by atomic mass is 9.83. The normalized spacial score (nSPS) is 13.2. The Bertz CT molecular complexity index is 461. The molecule has 0 aliphatic carbocycles. The molecule has 0 radical (unpaired) electrons. The number of benzene rings is 1. The molecule has 1 aromatic carbocycles. The second-order valence-corrected chi connectivity index (χ2v) is 5.48. The van der Waals surface area contributed by atoms with Crippen molar-refractivity contribution in [3.63, 3.8) is 0 Å². The molecule has 0 fully saturated rings. The summed E-state index contributed by atoms with van der Waals surface area (Å²) >= 11 is 0. The SMILES string of the molecule is COc1c(C)cc(C(N)C(=O)O)cc1C(C)(C)C. The van der Waals surface area contributed by atoms with Crippen LogP contribution in [-0.2, 0) is 10.2 Å². The summed E-state index contributed by atoms with van der Waals surface area (Å²) in [5, 5.41) is 8.99. The summed E-state index contributed by atoms with van der Waals surface area (Å²) in [6, 6.07) is 2.59. The molecule has 0 aliphatic rings. The number of carboxylic acids is 1. The molecule has 1 unspecified atom stereocenters. The van der Waals surface area contributed by atoms with Crippen LogP contribution in [0.25, 0.3) is 0 Å². The standard InChI is InChI=1S/C14H21NO3/c1-8-6-9(11(15)13(16)17)7-10(12(8)18-5)14(2,3)4/h6-7,11H,15H2,1-5H3,(H,16,17). The maximum absolute atomic E-state index is 11.0. The second kappa shape index (κ2) is 4.98. The molecule has 0 aromatic heterocycles. The van der Waals surface area contributed by atoms with Gasteiger partial charge in [0.25, 0.3) is 0 Å². The summed E-state index contributed by atoms with van der Waals surface area (Å²) < 4.78 is 5.41. The fourth-order valence-corrected chi connectivity index (χ4v) is 1.95. The number of aryl methyl sites for hydroxylation is 1. The van der Waals surface area contributed by atoms with Crippen LogP contribution >= 0.6 is 0 Å². The first kappa shape index (κ1) is 14.5. The number of aliphatic carboxylic acids is 1. The van der Waals surface area contributed by atoms with Crippen LogP contribution in [0.5, 0.6) is 5.75 Å². The van der Waals surface area contributed by atoms with Gasteiger partial charge in [-0.05, 0) is 29.5 Å². The van der Waals surface area contributed by atoms with Gasteiger partial charge in [0.1, 0.15) is 11.8 Å². The van der Waals surface area contributed by atoms with Crippen LogP contribution in [0.3, 0.4) is 0 Å². The Morgan fingerprint density at radius 2 is 1.94 bits per heavy atom. The average molecular weight is 251 g/mol. The number of nitrogens with two attached hydrogens (primary N) is 1. The van der Waals surface area contributed by atoms with Gasteiger partial charge in [-0.2, -0.15) is 0 Å². The summed E-state index contributed by atoms with van der Waals surface area (Å²) in [5.74, 6) is -0.233. The lowest BCUT2D eigenvalue weighted by molar-refractivity contribution is -0.138. The van der Waals surface area contributed by atoms with Gasteiger partial charge in [0.2, 0.25) is 0 Å². The van der Waals surface area contributed by atoms with E-state index in [9.17, 15) is 4.79 Å². The van der Waals surface area contributed by atoms with Crippen molar-refractivity contribution in [1.29, 1.82) is 0 Å². The summed E-state index contributed by atoms with van der Waals surface area (Å²) in [7, 11) is 1.62. The van der Waals surface area contributed by atoms with Crippen molar-refractivity contribution >= 4 is 5.97 Å². The van der Waals surface area contributed by atoms with Crippen molar-refractivity contribution in [2.45, 2.75) is 39.2 Å². The molecule has 1 atom stereocenters. The molecule has 1 aromatic rings. The van der Waals surface area contributed by atoms with Crippen LogP contribution in [-0.4, -0.2) is 18.2 Å². The molecule has 4 nitrogen and oxygen atoms in total. The highest BCUT2D eigenvalue weighted by Gasteiger charge is 2.24. The molecular weight excluding hydrogens is 230 g/mol. The number of hydrogen-bond donors (Lipinski definition) is 2. The average Bonchev–Trinajstić information content (AvgIpc) is 2.25. The van der Waals surface area contributed by atoms with Gasteiger partial charge in [-0.15, -0.1) is 0 Å². The smallest absolute Gasteiger partial charge is 0.325 e. The fraction of sp³-hybridized carbons (Fsp3) is 0.500. The summed E-state index contributed by atoms with van der Waals surface area (Å²) in [5.41, 5.74) is 8.01. The van der Waals surface area contributed by atoms with Crippen LogP contribution in [0.2, 0.25) is 0 Å². The van der Waals surface area contributed by atoms with Crippen LogP contribution < -0.4 is 10.5 Å². The van der Waals surface area contributed by atoms with Crippen LogP contribution in [0.4, 0.5) is 0 Å². The highest BCUT2D eigenvalue weighted by molar-refractivity contribution is 5.75. The van der Waals surface area contributed by atoms with Crippen molar-refractivity contribution in [3.05, 3.63) is 28.8 Å². The zero-order valence-electron chi connectivity index (χ0n) is 11.6. The van der Waals surface area contributed by atoms with Crippen molar-refractivity contribution in [2.24, 2.45) is 5.73 Å². The molecular formula is C14H21NO3. The zero-order chi connectivity index (χ0) is 14.1. The van der Waals surface area contributed by atoms with E-state index in [2.05, 4.69) is 20.8 Å². The Labute approximate surface area is 108 Å². The van der Waals surface area contributed by atoms with E-state index in [4.69, 9.17) is 15.6 Å². The number of carboxylic acid groups (broad SMARTS) is 1. The van der Waals surface area contributed by atoms with Gasteiger partial charge in [0, 0.05) is 5.56 Å². The predicted molar refractivity (Wildman–Crippen MR) is 71.0 cm³/mol. The summed E-state index contributed by atoms with van der Waals surface area (Å²) in [6.07, 6.45) is 0. The minimum atomic E-state index is -1.03. The molecule has 18 heavy (non-hydrogen) atoms. The van der Waals surface area contributed by atoms with E-state index in [1.165, 1.54) is 0 Å². The van der Waals surface area contributed by atoms with Gasteiger partial charge < -0.3 is 15.6 Å². The third-order valence-corrected chi connectivity index (χ3v) is 2.93. The van der Waals surface area contributed by atoms with Gasteiger partial charge in [0.05, 0.1) is 7.11 Å². The van der Waals surface area contributed by atoms with E-state index in [0.717, 1.165) is 16.9 Å². The lowest BCUT2D eigenvalue weighted by Gasteiger charge is -2.25. The van der Waals surface area contributed by atoms with E-state index in [1.807, 2.05) is 13.0 Å². The quantitative estimate of drug-likeness (QED) is 0.865. The summed E-state index contributed by atoms with van der Waals surface area (Å²) in [4.78, 5) is 11.0. The number of hydrogen-bond acceptors (Lipinski definition) is 3. The highest BCUT2D eigenvalue weighted by atomic mass is 16.5. The molecule has 1 rings (SSSR count). The molecule has 0 saturated carbocycles. The Hall–Kier alpha value is -1.55. The molecule has 0 heterocycles. The number of rotatable bonds is 3. The Kier molecular flexibility index (Phi) is 4.02. The van der Waals surface area contributed by atoms with Crippen LogP contribution in [0.15, 0.2) is 12.1 Å². The van der Waals surface area contributed by atoms with Gasteiger partial charge in [-0.3, -0.25) is 4.79 Å². The molecule has 0 bridgehead atoms. The first-order valence-electron chi connectivity index (χ1n) is 5.86. The predicted octanol–water partition coefficient (Wildman–Crippen LogP) is 2.39. The van der Waals surface area contributed by atoms with Crippen molar-refractivity contribution in [2.75, 3.05) is 7.11 Å². The van der Waals surface area contributed by atoms with E-state index in [-0.39, 0.29) is 5.41 Å². The fourth-order valence-electron chi connectivity index (χ4n) is 1.95. The van der Waals surface area contributed by atoms with E-state index in [0.29, 0.717) is 5.56 Å². The van der Waals surface area contributed by atoms with Gasteiger partial charge in [0.15, 0.2) is 0 Å². The Morgan fingerprint density at radius 1 is 1.39 bits per heavy atom. The second-order valence-electron chi connectivity index (χ2n) is 5.48. The largest absolute Gasteiger partial charge is 0.496 e. The first-order chi connectivity index (χ1) is 8.18. The summed E-state index contributed by atoms with van der Waals surface area (Å²) in [6.45, 7) is 8.06. The Balaban J connectivity index is 3.44. The van der Waals surface area contributed by atoms with Crippen LogP contribution in [0, 0.1) is 6.92 Å². The zero-order valence-corrected chi connectivity index (χ0v) is 11.6.